The molecule has 3 aromatic rings. The number of alkyl halides is 1. The van der Waals surface area contributed by atoms with Gasteiger partial charge in [-0.25, -0.2) is 9.69 Å². The average molecular weight is 572 g/mol. The zero-order valence-corrected chi connectivity index (χ0v) is 22.9. The largest absolute Gasteiger partial charge is 0.462 e. The summed E-state index contributed by atoms with van der Waals surface area (Å²) < 4.78 is 4.69. The van der Waals surface area contributed by atoms with Crippen LogP contribution in [0.4, 0.5) is 5.69 Å². The molecule has 2 bridgehead atoms. The number of hydrogen-bond donors (Lipinski definition) is 0. The van der Waals surface area contributed by atoms with Crippen LogP contribution in [-0.4, -0.2) is 24.4 Å². The summed E-state index contributed by atoms with van der Waals surface area (Å²) in [4.78, 5) is 42.2. The zero-order chi connectivity index (χ0) is 26.4. The molecule has 1 saturated heterocycles. The molecule has 4 aliphatic rings. The van der Waals surface area contributed by atoms with Crippen molar-refractivity contribution >= 4 is 39.4 Å². The normalized spacial score (nSPS) is 24.7. The first-order chi connectivity index (χ1) is 18.5. The van der Waals surface area contributed by atoms with E-state index in [1.807, 2.05) is 24.3 Å². The minimum atomic E-state index is -0.796. The topological polar surface area (TPSA) is 63.7 Å². The van der Waals surface area contributed by atoms with Gasteiger partial charge in [-0.05, 0) is 46.9 Å². The third-order valence-electron chi connectivity index (χ3n) is 8.34. The van der Waals surface area contributed by atoms with E-state index in [9.17, 15) is 14.4 Å². The molecule has 194 valence electrons. The first-order valence-corrected chi connectivity index (χ1v) is 14.3. The highest BCUT2D eigenvalue weighted by Crippen LogP contribution is 2.66. The number of unbranched alkanes of at least 4 members (excludes halogenated alkanes) is 4. The first kappa shape index (κ1) is 25.1. The molecule has 0 radical (unpaired) electrons. The second-order valence-corrected chi connectivity index (χ2v) is 11.7. The Labute approximate surface area is 231 Å². The Morgan fingerprint density at radius 3 is 2.21 bits per heavy atom. The van der Waals surface area contributed by atoms with Gasteiger partial charge in [0.25, 0.3) is 0 Å². The van der Waals surface area contributed by atoms with Gasteiger partial charge in [0.15, 0.2) is 0 Å². The minimum absolute atomic E-state index is 0.200. The van der Waals surface area contributed by atoms with E-state index in [0.717, 1.165) is 47.9 Å². The number of esters is 1. The fourth-order valence-corrected chi connectivity index (χ4v) is 7.86. The second kappa shape index (κ2) is 9.81. The quantitative estimate of drug-likeness (QED) is 0.130. The molecule has 2 atom stereocenters. The monoisotopic (exact) mass is 571 g/mol. The number of hydrogen-bond acceptors (Lipinski definition) is 4. The molecular formula is C32H30BrNO4. The lowest BCUT2D eigenvalue weighted by Gasteiger charge is -2.51. The molecule has 0 aromatic heterocycles. The van der Waals surface area contributed by atoms with Crippen molar-refractivity contribution in [2.45, 2.75) is 49.3 Å². The molecule has 2 amide bonds. The van der Waals surface area contributed by atoms with E-state index in [1.165, 1.54) is 11.3 Å². The highest BCUT2D eigenvalue weighted by Gasteiger charge is 2.67. The summed E-state index contributed by atoms with van der Waals surface area (Å²) in [6, 6.07) is 22.9. The van der Waals surface area contributed by atoms with Crippen molar-refractivity contribution in [3.05, 3.63) is 101 Å². The van der Waals surface area contributed by atoms with Gasteiger partial charge in [-0.3, -0.25) is 9.59 Å². The number of carbonyl (C=O) groups is 3. The molecule has 1 aliphatic heterocycles. The maximum atomic E-state index is 14.1. The SMILES string of the molecule is CCCCCCCOC(=O)c1cccc(N2C(=O)[C@@H]3[C@@H](C2=O)C2c4ccccc4C3(Br)c3ccccc32)c1. The number of amides is 2. The standard InChI is InChI=1S/C32H30BrNO4/c1-2-3-4-5-10-18-38-31(37)20-12-11-13-21(19-20)34-29(35)27-26-22-14-6-8-16-24(22)32(33,28(27)30(34)36)25-17-9-7-15-23(25)26/h6-9,11-17,19,26-28H,2-5,10,18H2,1H3/t26?,27-,28-,32?/m0/s1. The summed E-state index contributed by atoms with van der Waals surface area (Å²) in [6.45, 7) is 2.53. The maximum Gasteiger partial charge on any atom is 0.338 e. The van der Waals surface area contributed by atoms with Crippen LogP contribution >= 0.6 is 15.9 Å². The van der Waals surface area contributed by atoms with Gasteiger partial charge in [0.05, 0.1) is 34.0 Å². The van der Waals surface area contributed by atoms with Gasteiger partial charge in [-0.1, -0.05) is 103 Å². The van der Waals surface area contributed by atoms with Gasteiger partial charge >= 0.3 is 5.97 Å². The predicted octanol–water partition coefficient (Wildman–Crippen LogP) is 6.72. The predicted molar refractivity (Wildman–Crippen MR) is 149 cm³/mol. The molecule has 0 N–H and O–H groups in total. The van der Waals surface area contributed by atoms with E-state index in [0.29, 0.717) is 17.9 Å². The van der Waals surface area contributed by atoms with Crippen LogP contribution in [0.2, 0.25) is 0 Å². The molecule has 0 saturated carbocycles. The van der Waals surface area contributed by atoms with Crippen LogP contribution in [0.3, 0.4) is 0 Å². The van der Waals surface area contributed by atoms with Crippen LogP contribution in [0.15, 0.2) is 72.8 Å². The Hall–Kier alpha value is -3.25. The number of carbonyl (C=O) groups excluding carboxylic acids is 3. The molecule has 5 nitrogen and oxygen atoms in total. The summed E-state index contributed by atoms with van der Waals surface area (Å²) in [6.07, 6.45) is 5.34. The van der Waals surface area contributed by atoms with E-state index in [4.69, 9.17) is 4.74 Å². The van der Waals surface area contributed by atoms with Gasteiger partial charge in [0.2, 0.25) is 11.8 Å². The van der Waals surface area contributed by atoms with Crippen LogP contribution in [0, 0.1) is 11.8 Å². The highest BCUT2D eigenvalue weighted by atomic mass is 79.9. The van der Waals surface area contributed by atoms with Crippen molar-refractivity contribution < 1.29 is 19.1 Å². The zero-order valence-electron chi connectivity index (χ0n) is 21.4. The molecule has 3 aliphatic carbocycles. The van der Waals surface area contributed by atoms with Crippen molar-refractivity contribution in [3.8, 4) is 0 Å². The Morgan fingerprint density at radius 2 is 1.53 bits per heavy atom. The van der Waals surface area contributed by atoms with Crippen LogP contribution in [-0.2, 0) is 18.7 Å². The molecule has 6 heteroatoms. The van der Waals surface area contributed by atoms with Crippen molar-refractivity contribution in [3.63, 3.8) is 0 Å². The Kier molecular flexibility index (Phi) is 6.47. The molecule has 38 heavy (non-hydrogen) atoms. The summed E-state index contributed by atoms with van der Waals surface area (Å²) in [5.41, 5.74) is 5.02. The van der Waals surface area contributed by atoms with Gasteiger partial charge in [-0.15, -0.1) is 0 Å². The third-order valence-corrected chi connectivity index (χ3v) is 9.68. The van der Waals surface area contributed by atoms with Gasteiger partial charge in [-0.2, -0.15) is 0 Å². The van der Waals surface area contributed by atoms with Crippen molar-refractivity contribution in [2.24, 2.45) is 11.8 Å². The Morgan fingerprint density at radius 1 is 0.868 bits per heavy atom. The van der Waals surface area contributed by atoms with Crippen LogP contribution in [0.5, 0.6) is 0 Å². The van der Waals surface area contributed by atoms with Crippen molar-refractivity contribution in [1.82, 2.24) is 0 Å². The fourth-order valence-electron chi connectivity index (χ4n) is 6.66. The number of rotatable bonds is 8. The number of ether oxygens (including phenoxy) is 1. The maximum absolute atomic E-state index is 14.1. The number of nitrogens with zero attached hydrogens (tertiary/aromatic N) is 1. The third kappa shape index (κ3) is 3.68. The van der Waals surface area contributed by atoms with Crippen LogP contribution in [0.25, 0.3) is 0 Å². The van der Waals surface area contributed by atoms with Gasteiger partial charge < -0.3 is 4.74 Å². The highest BCUT2D eigenvalue weighted by molar-refractivity contribution is 9.09. The number of benzene rings is 3. The average Bonchev–Trinajstić information content (AvgIpc) is 3.22. The summed E-state index contributed by atoms with van der Waals surface area (Å²) >= 11 is 4.02. The number of halogens is 1. The van der Waals surface area contributed by atoms with E-state index >= 15 is 0 Å². The summed E-state index contributed by atoms with van der Waals surface area (Å²) in [5, 5.41) is 0. The summed E-state index contributed by atoms with van der Waals surface area (Å²) in [5.74, 6) is -2.20. The first-order valence-electron chi connectivity index (χ1n) is 13.5. The van der Waals surface area contributed by atoms with E-state index < -0.39 is 22.1 Å². The van der Waals surface area contributed by atoms with E-state index in [2.05, 4.69) is 47.1 Å². The molecule has 1 heterocycles. The number of anilines is 1. The van der Waals surface area contributed by atoms with Crippen molar-refractivity contribution in [1.29, 1.82) is 0 Å². The Bertz CT molecular complexity index is 1380. The fraction of sp³-hybridized carbons (Fsp3) is 0.344. The molecule has 0 unspecified atom stereocenters. The number of imide groups is 1. The van der Waals surface area contributed by atoms with Gasteiger partial charge in [0, 0.05) is 5.92 Å². The molecule has 7 rings (SSSR count). The molecule has 1 fully saturated rings. The smallest absolute Gasteiger partial charge is 0.338 e. The lowest BCUT2D eigenvalue weighted by Crippen LogP contribution is -2.50. The lowest BCUT2D eigenvalue weighted by molar-refractivity contribution is -0.122. The Balaban J connectivity index is 1.31. The van der Waals surface area contributed by atoms with E-state index in [1.54, 1.807) is 24.3 Å². The summed E-state index contributed by atoms with van der Waals surface area (Å²) in [7, 11) is 0. The minimum Gasteiger partial charge on any atom is -0.462 e. The van der Waals surface area contributed by atoms with Crippen LogP contribution < -0.4 is 4.90 Å². The molecular weight excluding hydrogens is 542 g/mol. The lowest BCUT2D eigenvalue weighted by atomic mass is 9.55. The molecule has 3 aromatic carbocycles. The second-order valence-electron chi connectivity index (χ2n) is 10.5. The molecule has 0 spiro atoms. The van der Waals surface area contributed by atoms with E-state index in [-0.39, 0.29) is 17.7 Å². The van der Waals surface area contributed by atoms with Gasteiger partial charge in [0.1, 0.15) is 0 Å². The van der Waals surface area contributed by atoms with Crippen LogP contribution in [0.1, 0.15) is 77.6 Å². The van der Waals surface area contributed by atoms with Crippen molar-refractivity contribution in [2.75, 3.05) is 11.5 Å².